The van der Waals surface area contributed by atoms with Crippen molar-refractivity contribution >= 4 is 15.9 Å². The van der Waals surface area contributed by atoms with Crippen molar-refractivity contribution in [2.75, 3.05) is 0 Å². The van der Waals surface area contributed by atoms with Crippen LogP contribution in [0.5, 0.6) is 0 Å². The third-order valence-corrected chi connectivity index (χ3v) is 2.32. The van der Waals surface area contributed by atoms with Gasteiger partial charge in [-0.3, -0.25) is 0 Å². The van der Waals surface area contributed by atoms with Crippen LogP contribution in [0.3, 0.4) is 0 Å². The van der Waals surface area contributed by atoms with Crippen LogP contribution >= 0.6 is 15.9 Å². The zero-order valence-electron chi connectivity index (χ0n) is 7.33. The van der Waals surface area contributed by atoms with E-state index in [0.717, 1.165) is 10.9 Å². The highest BCUT2D eigenvalue weighted by molar-refractivity contribution is 9.10. The Labute approximate surface area is 87.5 Å². The van der Waals surface area contributed by atoms with Crippen molar-refractivity contribution in [2.45, 2.75) is 18.9 Å². The summed E-state index contributed by atoms with van der Waals surface area (Å²) in [6.07, 6.45) is 6.65. The first kappa shape index (κ1) is 10.3. The van der Waals surface area contributed by atoms with Crippen LogP contribution in [-0.2, 0) is 6.42 Å². The quantitative estimate of drug-likeness (QED) is 0.803. The van der Waals surface area contributed by atoms with E-state index in [-0.39, 0.29) is 6.04 Å². The highest BCUT2D eigenvalue weighted by Gasteiger charge is 2.01. The largest absolute Gasteiger partial charge is 0.327 e. The summed E-state index contributed by atoms with van der Waals surface area (Å²) in [4.78, 5) is 0. The molecule has 13 heavy (non-hydrogen) atoms. The summed E-state index contributed by atoms with van der Waals surface area (Å²) in [5.74, 6) is 2.56. The summed E-state index contributed by atoms with van der Waals surface area (Å²) in [5.41, 5.74) is 7.03. The van der Waals surface area contributed by atoms with Crippen molar-refractivity contribution in [1.29, 1.82) is 0 Å². The Bertz CT molecular complexity index is 297. The van der Waals surface area contributed by atoms with Crippen LogP contribution in [0.25, 0.3) is 0 Å². The molecule has 1 unspecified atom stereocenters. The molecule has 1 rings (SSSR count). The van der Waals surface area contributed by atoms with Gasteiger partial charge in [-0.25, -0.2) is 0 Å². The van der Waals surface area contributed by atoms with Gasteiger partial charge in [0.2, 0.25) is 0 Å². The van der Waals surface area contributed by atoms with Crippen LogP contribution < -0.4 is 5.73 Å². The lowest BCUT2D eigenvalue weighted by molar-refractivity contribution is 0.689. The van der Waals surface area contributed by atoms with Crippen LogP contribution in [-0.4, -0.2) is 6.04 Å². The molecule has 0 fully saturated rings. The SMILES string of the molecule is C#CCC(N)Cc1ccc(Br)cc1. The second-order valence-electron chi connectivity index (χ2n) is 3.00. The van der Waals surface area contributed by atoms with E-state index in [1.807, 2.05) is 12.1 Å². The maximum absolute atomic E-state index is 5.80. The van der Waals surface area contributed by atoms with Crippen LogP contribution in [0.15, 0.2) is 28.7 Å². The smallest absolute Gasteiger partial charge is 0.0241 e. The molecule has 0 aliphatic heterocycles. The van der Waals surface area contributed by atoms with Crippen molar-refractivity contribution < 1.29 is 0 Å². The average Bonchev–Trinajstić information content (AvgIpc) is 2.09. The predicted molar refractivity (Wildman–Crippen MR) is 59.3 cm³/mol. The Balaban J connectivity index is 2.55. The Morgan fingerprint density at radius 2 is 2.00 bits per heavy atom. The lowest BCUT2D eigenvalue weighted by Gasteiger charge is -2.07. The molecule has 1 aromatic carbocycles. The number of rotatable bonds is 3. The van der Waals surface area contributed by atoms with Gasteiger partial charge in [-0.05, 0) is 24.1 Å². The zero-order valence-corrected chi connectivity index (χ0v) is 8.92. The van der Waals surface area contributed by atoms with Gasteiger partial charge in [0, 0.05) is 16.9 Å². The van der Waals surface area contributed by atoms with E-state index in [1.165, 1.54) is 5.56 Å². The molecule has 1 aromatic rings. The van der Waals surface area contributed by atoms with E-state index in [1.54, 1.807) is 0 Å². The standard InChI is InChI=1S/C11H12BrN/c1-2-3-11(13)8-9-4-6-10(12)7-5-9/h1,4-7,11H,3,8,13H2. The minimum absolute atomic E-state index is 0.0752. The molecule has 1 nitrogen and oxygen atoms in total. The fourth-order valence-corrected chi connectivity index (χ4v) is 1.41. The molecule has 0 aliphatic rings. The van der Waals surface area contributed by atoms with Crippen molar-refractivity contribution in [2.24, 2.45) is 5.73 Å². The molecular weight excluding hydrogens is 226 g/mol. The Hall–Kier alpha value is -0.780. The monoisotopic (exact) mass is 237 g/mol. The number of benzene rings is 1. The number of hydrogen-bond donors (Lipinski definition) is 1. The average molecular weight is 238 g/mol. The number of nitrogens with two attached hydrogens (primary N) is 1. The van der Waals surface area contributed by atoms with Gasteiger partial charge in [0.25, 0.3) is 0 Å². The van der Waals surface area contributed by atoms with Crippen molar-refractivity contribution in [3.05, 3.63) is 34.3 Å². The molecule has 0 spiro atoms. The molecule has 0 saturated heterocycles. The van der Waals surface area contributed by atoms with Crippen molar-refractivity contribution in [3.8, 4) is 12.3 Å². The molecule has 0 amide bonds. The maximum Gasteiger partial charge on any atom is 0.0241 e. The van der Waals surface area contributed by atoms with Crippen LogP contribution in [0.1, 0.15) is 12.0 Å². The fourth-order valence-electron chi connectivity index (χ4n) is 1.15. The lowest BCUT2D eigenvalue weighted by Crippen LogP contribution is -2.21. The van der Waals surface area contributed by atoms with Crippen molar-refractivity contribution in [3.63, 3.8) is 0 Å². The summed E-state index contributed by atoms with van der Waals surface area (Å²) in [6, 6.07) is 8.21. The van der Waals surface area contributed by atoms with Crippen LogP contribution in [0, 0.1) is 12.3 Å². The summed E-state index contributed by atoms with van der Waals surface area (Å²) < 4.78 is 1.08. The molecule has 1 atom stereocenters. The highest BCUT2D eigenvalue weighted by atomic mass is 79.9. The molecule has 0 aromatic heterocycles. The van der Waals surface area contributed by atoms with Gasteiger partial charge in [0.05, 0.1) is 0 Å². The van der Waals surface area contributed by atoms with Gasteiger partial charge in [0.15, 0.2) is 0 Å². The fraction of sp³-hybridized carbons (Fsp3) is 0.273. The topological polar surface area (TPSA) is 26.0 Å². The van der Waals surface area contributed by atoms with Gasteiger partial charge < -0.3 is 5.73 Å². The first-order chi connectivity index (χ1) is 6.22. The minimum atomic E-state index is 0.0752. The molecule has 2 heteroatoms. The van der Waals surface area contributed by atoms with Crippen LogP contribution in [0.2, 0.25) is 0 Å². The molecule has 68 valence electrons. The molecule has 0 radical (unpaired) electrons. The summed E-state index contributed by atoms with van der Waals surface area (Å²) in [5, 5.41) is 0. The Kier molecular flexibility index (Phi) is 4.01. The minimum Gasteiger partial charge on any atom is -0.327 e. The van der Waals surface area contributed by atoms with E-state index in [9.17, 15) is 0 Å². The van der Waals surface area contributed by atoms with Gasteiger partial charge in [-0.1, -0.05) is 28.1 Å². The maximum atomic E-state index is 5.80. The van der Waals surface area contributed by atoms with E-state index < -0.39 is 0 Å². The van der Waals surface area contributed by atoms with Gasteiger partial charge >= 0.3 is 0 Å². The molecule has 0 bridgehead atoms. The highest BCUT2D eigenvalue weighted by Crippen LogP contribution is 2.11. The molecule has 0 aliphatic carbocycles. The van der Waals surface area contributed by atoms with E-state index >= 15 is 0 Å². The van der Waals surface area contributed by atoms with E-state index in [2.05, 4.69) is 34.0 Å². The second kappa shape index (κ2) is 5.06. The second-order valence-corrected chi connectivity index (χ2v) is 3.91. The van der Waals surface area contributed by atoms with Gasteiger partial charge in [-0.2, -0.15) is 0 Å². The van der Waals surface area contributed by atoms with Crippen LogP contribution in [0.4, 0.5) is 0 Å². The van der Waals surface area contributed by atoms with Gasteiger partial charge in [0.1, 0.15) is 0 Å². The molecule has 2 N–H and O–H groups in total. The summed E-state index contributed by atoms with van der Waals surface area (Å²) >= 11 is 3.38. The summed E-state index contributed by atoms with van der Waals surface area (Å²) in [6.45, 7) is 0. The Morgan fingerprint density at radius 3 is 2.54 bits per heavy atom. The summed E-state index contributed by atoms with van der Waals surface area (Å²) in [7, 11) is 0. The third kappa shape index (κ3) is 3.63. The zero-order chi connectivity index (χ0) is 9.68. The first-order valence-corrected chi connectivity index (χ1v) is 4.95. The molecular formula is C11H12BrN. The number of halogens is 1. The van der Waals surface area contributed by atoms with E-state index in [4.69, 9.17) is 12.2 Å². The normalized spacial score (nSPS) is 12.1. The lowest BCUT2D eigenvalue weighted by atomic mass is 10.0. The van der Waals surface area contributed by atoms with Gasteiger partial charge in [-0.15, -0.1) is 12.3 Å². The van der Waals surface area contributed by atoms with E-state index in [0.29, 0.717) is 6.42 Å². The third-order valence-electron chi connectivity index (χ3n) is 1.79. The molecule has 0 saturated carbocycles. The van der Waals surface area contributed by atoms with Crippen molar-refractivity contribution in [1.82, 2.24) is 0 Å². The number of hydrogen-bond acceptors (Lipinski definition) is 1. The molecule has 0 heterocycles. The Morgan fingerprint density at radius 1 is 1.38 bits per heavy atom. The number of terminal acetylenes is 1. The first-order valence-electron chi connectivity index (χ1n) is 4.16. The predicted octanol–water partition coefficient (Wildman–Crippen LogP) is 2.34.